The van der Waals surface area contributed by atoms with Gasteiger partial charge in [-0.3, -0.25) is 4.79 Å². The lowest BCUT2D eigenvalue weighted by atomic mass is 10.1. The Morgan fingerprint density at radius 1 is 1.15 bits per heavy atom. The fraction of sp³-hybridized carbons (Fsp3) is 0.391. The van der Waals surface area contributed by atoms with E-state index in [1.165, 1.54) is 39.9 Å². The summed E-state index contributed by atoms with van der Waals surface area (Å²) in [5, 5.41) is 0.505. The van der Waals surface area contributed by atoms with Crippen LogP contribution in [0, 0.1) is 5.82 Å². The normalized spacial score (nSPS) is 15.3. The zero-order valence-corrected chi connectivity index (χ0v) is 20.2. The van der Waals surface area contributed by atoms with Crippen molar-refractivity contribution in [3.8, 4) is 5.19 Å². The van der Waals surface area contributed by atoms with Crippen molar-refractivity contribution in [3.05, 3.63) is 53.8 Å². The van der Waals surface area contributed by atoms with E-state index in [0.29, 0.717) is 55.3 Å². The summed E-state index contributed by atoms with van der Waals surface area (Å²) in [5.41, 5.74) is 1.16. The minimum atomic E-state index is -3.55. The fourth-order valence-corrected chi connectivity index (χ4v) is 6.28. The maximum Gasteiger partial charge on any atom is 0.274 e. The molecule has 7 nitrogen and oxygen atoms in total. The summed E-state index contributed by atoms with van der Waals surface area (Å²) >= 11 is 1.31. The van der Waals surface area contributed by atoms with Crippen molar-refractivity contribution >= 4 is 37.5 Å². The quantitative estimate of drug-likeness (QED) is 0.496. The van der Waals surface area contributed by atoms with Crippen LogP contribution in [0.25, 0.3) is 10.2 Å². The van der Waals surface area contributed by atoms with E-state index in [-0.39, 0.29) is 22.7 Å². The van der Waals surface area contributed by atoms with Gasteiger partial charge < -0.3 is 9.64 Å². The molecule has 0 N–H and O–H groups in total. The molecule has 3 aromatic rings. The van der Waals surface area contributed by atoms with Crippen molar-refractivity contribution in [2.75, 3.05) is 26.2 Å². The maximum atomic E-state index is 13.4. The van der Waals surface area contributed by atoms with E-state index in [9.17, 15) is 17.6 Å². The number of hydrogen-bond donors (Lipinski definition) is 0. The lowest BCUT2D eigenvalue weighted by molar-refractivity contribution is 0.0595. The summed E-state index contributed by atoms with van der Waals surface area (Å²) in [6.07, 6.45) is 1.25. The lowest BCUT2D eigenvalue weighted by Gasteiger charge is -2.31. The van der Waals surface area contributed by atoms with Crippen LogP contribution in [-0.2, 0) is 10.0 Å². The van der Waals surface area contributed by atoms with Crippen LogP contribution in [0.2, 0.25) is 0 Å². The Labute approximate surface area is 196 Å². The number of fused-ring (bicyclic) bond motifs is 1. The molecule has 1 saturated heterocycles. The molecular formula is C23H26FN3O4S2. The van der Waals surface area contributed by atoms with E-state index in [0.717, 1.165) is 4.70 Å². The Balaban J connectivity index is 1.36. The molecular weight excluding hydrogens is 465 g/mol. The van der Waals surface area contributed by atoms with Gasteiger partial charge in [0.2, 0.25) is 10.0 Å². The predicted molar refractivity (Wildman–Crippen MR) is 126 cm³/mol. The van der Waals surface area contributed by atoms with Crippen molar-refractivity contribution in [3.63, 3.8) is 0 Å². The van der Waals surface area contributed by atoms with Gasteiger partial charge in [-0.2, -0.15) is 4.31 Å². The topological polar surface area (TPSA) is 79.8 Å². The first-order valence-electron chi connectivity index (χ1n) is 10.9. The largest absolute Gasteiger partial charge is 0.467 e. The first-order chi connectivity index (χ1) is 15.8. The Morgan fingerprint density at radius 3 is 2.45 bits per heavy atom. The molecule has 0 saturated carbocycles. The van der Waals surface area contributed by atoms with E-state index >= 15 is 0 Å². The number of piperidine rings is 1. The molecule has 0 radical (unpaired) electrons. The van der Waals surface area contributed by atoms with Gasteiger partial charge in [-0.05, 0) is 42.5 Å². The number of likely N-dealkylation sites (tertiary alicyclic amines) is 1. The first-order valence-corrected chi connectivity index (χ1v) is 13.2. The molecule has 1 aromatic heterocycles. The lowest BCUT2D eigenvalue weighted by Crippen LogP contribution is -2.41. The summed E-state index contributed by atoms with van der Waals surface area (Å²) in [6.45, 7) is 5.44. The molecule has 33 heavy (non-hydrogen) atoms. The number of hydrogen-bond acceptors (Lipinski definition) is 6. The van der Waals surface area contributed by atoms with E-state index in [1.54, 1.807) is 36.9 Å². The summed E-state index contributed by atoms with van der Waals surface area (Å²) in [6, 6.07) is 10.6. The van der Waals surface area contributed by atoms with Gasteiger partial charge in [0, 0.05) is 44.6 Å². The molecule has 4 rings (SSSR count). The van der Waals surface area contributed by atoms with E-state index in [2.05, 4.69) is 4.98 Å². The van der Waals surface area contributed by atoms with Crippen LogP contribution in [-0.4, -0.2) is 60.8 Å². The maximum absolute atomic E-state index is 13.4. The molecule has 0 aliphatic carbocycles. The SMILES string of the molecule is CCN(CC)S(=O)(=O)c1ccc(C(=O)N2CCC(Oc3nc4ccc(F)cc4s3)CC2)cc1. The van der Waals surface area contributed by atoms with Gasteiger partial charge in [0.25, 0.3) is 11.1 Å². The summed E-state index contributed by atoms with van der Waals surface area (Å²) in [4.78, 5) is 19.2. The van der Waals surface area contributed by atoms with Gasteiger partial charge in [-0.25, -0.2) is 17.8 Å². The number of ether oxygens (including phenoxy) is 1. The number of aromatic nitrogens is 1. The second kappa shape index (κ2) is 9.74. The molecule has 2 aromatic carbocycles. The molecule has 1 fully saturated rings. The highest BCUT2D eigenvalue weighted by Crippen LogP contribution is 2.30. The standard InChI is InChI=1S/C23H26FN3O4S2/c1-3-27(4-2)33(29,30)19-8-5-16(6-9-19)22(28)26-13-11-18(12-14-26)31-23-25-20-10-7-17(24)15-21(20)32-23/h5-10,15,18H,3-4,11-14H2,1-2H3. The van der Waals surface area contributed by atoms with Crippen LogP contribution in [0.15, 0.2) is 47.4 Å². The van der Waals surface area contributed by atoms with Gasteiger partial charge in [-0.15, -0.1) is 0 Å². The van der Waals surface area contributed by atoms with Crippen LogP contribution in [0.4, 0.5) is 4.39 Å². The van der Waals surface area contributed by atoms with Crippen LogP contribution in [0.1, 0.15) is 37.0 Å². The molecule has 10 heteroatoms. The van der Waals surface area contributed by atoms with E-state index in [1.807, 2.05) is 0 Å². The van der Waals surface area contributed by atoms with Crippen molar-refractivity contribution in [1.82, 2.24) is 14.2 Å². The molecule has 0 bridgehead atoms. The average molecular weight is 492 g/mol. The van der Waals surface area contributed by atoms with Gasteiger partial charge in [0.05, 0.1) is 15.1 Å². The Morgan fingerprint density at radius 2 is 1.82 bits per heavy atom. The number of halogens is 1. The summed E-state index contributed by atoms with van der Waals surface area (Å²) in [7, 11) is -3.55. The van der Waals surface area contributed by atoms with Gasteiger partial charge in [0.1, 0.15) is 11.9 Å². The number of carbonyl (C=O) groups excluding carboxylic acids is 1. The predicted octanol–water partition coefficient (Wildman–Crippen LogP) is 4.15. The smallest absolute Gasteiger partial charge is 0.274 e. The molecule has 176 valence electrons. The molecule has 1 amide bonds. The van der Waals surface area contributed by atoms with Gasteiger partial charge >= 0.3 is 0 Å². The molecule has 0 atom stereocenters. The minimum absolute atomic E-state index is 0.0685. The first kappa shape index (κ1) is 23.6. The number of amides is 1. The van der Waals surface area contributed by atoms with Gasteiger partial charge in [0.15, 0.2) is 0 Å². The molecule has 0 spiro atoms. The number of sulfonamides is 1. The summed E-state index contributed by atoms with van der Waals surface area (Å²) < 4.78 is 46.8. The van der Waals surface area contributed by atoms with Crippen LogP contribution in [0.3, 0.4) is 0 Å². The Bertz CT molecular complexity index is 1230. The molecule has 1 aliphatic heterocycles. The number of thiazole rings is 1. The number of nitrogens with zero attached hydrogens (tertiary/aromatic N) is 3. The monoisotopic (exact) mass is 491 g/mol. The molecule has 0 unspecified atom stereocenters. The third kappa shape index (κ3) is 5.02. The highest BCUT2D eigenvalue weighted by molar-refractivity contribution is 7.89. The highest BCUT2D eigenvalue weighted by atomic mass is 32.2. The van der Waals surface area contributed by atoms with E-state index < -0.39 is 10.0 Å². The second-order valence-corrected chi connectivity index (χ2v) is 10.7. The minimum Gasteiger partial charge on any atom is -0.467 e. The Hall–Kier alpha value is -2.56. The third-order valence-corrected chi connectivity index (χ3v) is 8.75. The zero-order chi connectivity index (χ0) is 23.6. The van der Waals surface area contributed by atoms with Crippen molar-refractivity contribution in [1.29, 1.82) is 0 Å². The van der Waals surface area contributed by atoms with E-state index in [4.69, 9.17) is 4.74 Å². The number of carbonyl (C=O) groups is 1. The fourth-order valence-electron chi connectivity index (χ4n) is 3.91. The summed E-state index contributed by atoms with van der Waals surface area (Å²) in [5.74, 6) is -0.432. The number of rotatable bonds is 7. The Kier molecular flexibility index (Phi) is 6.96. The highest BCUT2D eigenvalue weighted by Gasteiger charge is 2.26. The zero-order valence-electron chi connectivity index (χ0n) is 18.5. The van der Waals surface area contributed by atoms with Gasteiger partial charge in [-0.1, -0.05) is 25.2 Å². The molecule has 1 aliphatic rings. The number of benzene rings is 2. The average Bonchev–Trinajstić information content (AvgIpc) is 3.21. The third-order valence-electron chi connectivity index (χ3n) is 5.77. The van der Waals surface area contributed by atoms with Crippen molar-refractivity contribution in [2.24, 2.45) is 0 Å². The van der Waals surface area contributed by atoms with Crippen molar-refractivity contribution in [2.45, 2.75) is 37.7 Å². The van der Waals surface area contributed by atoms with Crippen molar-refractivity contribution < 1.29 is 22.3 Å². The molecule has 2 heterocycles. The van der Waals surface area contributed by atoms with Crippen LogP contribution < -0.4 is 4.74 Å². The van der Waals surface area contributed by atoms with Crippen LogP contribution >= 0.6 is 11.3 Å². The van der Waals surface area contributed by atoms with Crippen LogP contribution in [0.5, 0.6) is 5.19 Å². The second-order valence-electron chi connectivity index (χ2n) is 7.81.